The fraction of sp³-hybridized carbons (Fsp3) is 0.217. The molecule has 160 valence electrons. The molecule has 0 radical (unpaired) electrons. The number of rotatable bonds is 10. The third-order valence-corrected chi connectivity index (χ3v) is 5.53. The molecular formula is C23H22N2O5S. The number of aliphatic carboxylic acids is 1. The molecule has 0 unspecified atom stereocenters. The van der Waals surface area contributed by atoms with E-state index in [1.54, 1.807) is 35.4 Å². The number of ether oxygens (including phenoxy) is 3. The summed E-state index contributed by atoms with van der Waals surface area (Å²) in [5.74, 6) is 1.23. The van der Waals surface area contributed by atoms with Gasteiger partial charge < -0.3 is 23.9 Å². The van der Waals surface area contributed by atoms with Crippen LogP contribution in [0.1, 0.15) is 6.42 Å². The maximum absolute atomic E-state index is 10.9. The second kappa shape index (κ2) is 9.53. The van der Waals surface area contributed by atoms with Gasteiger partial charge in [-0.15, -0.1) is 11.3 Å². The van der Waals surface area contributed by atoms with Crippen LogP contribution in [0.15, 0.2) is 60.2 Å². The Kier molecular flexibility index (Phi) is 6.37. The summed E-state index contributed by atoms with van der Waals surface area (Å²) in [6.07, 6.45) is 4.25. The van der Waals surface area contributed by atoms with Crippen molar-refractivity contribution in [3.05, 3.63) is 60.2 Å². The van der Waals surface area contributed by atoms with Crippen molar-refractivity contribution in [2.45, 2.75) is 13.0 Å². The van der Waals surface area contributed by atoms with E-state index in [1.807, 2.05) is 47.8 Å². The van der Waals surface area contributed by atoms with Crippen LogP contribution in [0, 0.1) is 0 Å². The first-order valence-electron chi connectivity index (χ1n) is 9.78. The summed E-state index contributed by atoms with van der Waals surface area (Å²) < 4.78 is 18.8. The van der Waals surface area contributed by atoms with Crippen LogP contribution in [0.5, 0.6) is 17.2 Å². The van der Waals surface area contributed by atoms with Crippen LogP contribution in [-0.4, -0.2) is 41.0 Å². The summed E-state index contributed by atoms with van der Waals surface area (Å²) in [6.45, 7) is 0.931. The summed E-state index contributed by atoms with van der Waals surface area (Å²) in [6, 6.07) is 13.3. The lowest BCUT2D eigenvalue weighted by molar-refractivity contribution is -0.137. The molecule has 0 saturated carbocycles. The Morgan fingerprint density at radius 1 is 1.10 bits per heavy atom. The molecular weight excluding hydrogens is 416 g/mol. The average Bonchev–Trinajstić information content (AvgIpc) is 3.44. The Balaban J connectivity index is 1.29. The van der Waals surface area contributed by atoms with Crippen molar-refractivity contribution in [1.29, 1.82) is 0 Å². The van der Waals surface area contributed by atoms with Crippen molar-refractivity contribution in [3.63, 3.8) is 0 Å². The van der Waals surface area contributed by atoms with Crippen molar-refractivity contribution in [2.75, 3.05) is 20.3 Å². The van der Waals surface area contributed by atoms with Crippen LogP contribution < -0.4 is 14.2 Å². The molecule has 0 spiro atoms. The zero-order valence-corrected chi connectivity index (χ0v) is 17.8. The fourth-order valence-corrected chi connectivity index (χ4v) is 3.90. The Hall–Kier alpha value is -3.52. The number of thiazole rings is 1. The van der Waals surface area contributed by atoms with E-state index in [0.29, 0.717) is 31.1 Å². The van der Waals surface area contributed by atoms with Gasteiger partial charge in [0.2, 0.25) is 0 Å². The van der Waals surface area contributed by atoms with Crippen LogP contribution in [0.3, 0.4) is 0 Å². The topological polar surface area (TPSA) is 82.8 Å². The van der Waals surface area contributed by atoms with Crippen LogP contribution in [0.2, 0.25) is 0 Å². The van der Waals surface area contributed by atoms with E-state index in [-0.39, 0.29) is 6.54 Å². The van der Waals surface area contributed by atoms with Crippen LogP contribution in [0.4, 0.5) is 0 Å². The maximum atomic E-state index is 10.9. The van der Waals surface area contributed by atoms with E-state index in [4.69, 9.17) is 19.3 Å². The van der Waals surface area contributed by atoms with Gasteiger partial charge in [0.25, 0.3) is 0 Å². The molecule has 8 heteroatoms. The predicted molar refractivity (Wildman–Crippen MR) is 119 cm³/mol. The van der Waals surface area contributed by atoms with Gasteiger partial charge in [-0.1, -0.05) is 0 Å². The van der Waals surface area contributed by atoms with Gasteiger partial charge in [0.15, 0.2) is 11.5 Å². The minimum Gasteiger partial charge on any atom is -0.493 e. The highest BCUT2D eigenvalue weighted by Gasteiger charge is 2.09. The highest BCUT2D eigenvalue weighted by atomic mass is 32.1. The normalized spacial score (nSPS) is 10.9. The Bertz CT molecular complexity index is 1170. The van der Waals surface area contributed by atoms with E-state index >= 15 is 0 Å². The molecule has 2 aromatic carbocycles. The first kappa shape index (κ1) is 20.7. The van der Waals surface area contributed by atoms with Gasteiger partial charge in [-0.3, -0.25) is 4.79 Å². The predicted octanol–water partition coefficient (Wildman–Crippen LogP) is 4.71. The van der Waals surface area contributed by atoms with E-state index in [1.165, 1.54) is 0 Å². The smallest absolute Gasteiger partial charge is 0.323 e. The molecule has 0 saturated heterocycles. The van der Waals surface area contributed by atoms with Crippen molar-refractivity contribution in [1.82, 2.24) is 9.55 Å². The molecule has 7 nitrogen and oxygen atoms in total. The summed E-state index contributed by atoms with van der Waals surface area (Å²) in [5, 5.41) is 12.8. The molecule has 4 aromatic rings. The van der Waals surface area contributed by atoms with E-state index in [0.717, 1.165) is 27.2 Å². The van der Waals surface area contributed by atoms with Gasteiger partial charge >= 0.3 is 5.97 Å². The molecule has 0 amide bonds. The van der Waals surface area contributed by atoms with Crippen molar-refractivity contribution in [2.24, 2.45) is 0 Å². The monoisotopic (exact) mass is 438 g/mol. The summed E-state index contributed by atoms with van der Waals surface area (Å²) in [5.41, 5.74) is 1.86. The zero-order valence-electron chi connectivity index (χ0n) is 17.0. The van der Waals surface area contributed by atoms with Crippen LogP contribution in [0.25, 0.3) is 21.5 Å². The first-order valence-corrected chi connectivity index (χ1v) is 10.7. The van der Waals surface area contributed by atoms with Crippen molar-refractivity contribution >= 4 is 28.2 Å². The van der Waals surface area contributed by atoms with Crippen molar-refractivity contribution in [3.8, 4) is 27.8 Å². The number of fused-ring (bicyclic) bond motifs is 1. The summed E-state index contributed by atoms with van der Waals surface area (Å²) in [4.78, 5) is 15.2. The quantitative estimate of drug-likeness (QED) is 0.361. The molecule has 2 heterocycles. The average molecular weight is 439 g/mol. The second-order valence-corrected chi connectivity index (χ2v) is 7.71. The van der Waals surface area contributed by atoms with Gasteiger partial charge in [0.1, 0.15) is 17.3 Å². The van der Waals surface area contributed by atoms with Crippen LogP contribution >= 0.6 is 11.3 Å². The second-order valence-electron chi connectivity index (χ2n) is 6.81. The number of aromatic nitrogens is 2. The minimum atomic E-state index is -0.868. The SMILES string of the molecule is COc1cc(-c2nccs2)ccc1OCCCOc1ccc2c(ccn2CC(=O)O)c1. The van der Waals surface area contributed by atoms with Gasteiger partial charge in [0.05, 0.1) is 20.3 Å². The Morgan fingerprint density at radius 2 is 1.97 bits per heavy atom. The number of carboxylic acids is 1. The molecule has 0 atom stereocenters. The van der Waals surface area contributed by atoms with Gasteiger partial charge in [0, 0.05) is 40.7 Å². The molecule has 0 bridgehead atoms. The molecule has 4 rings (SSSR count). The number of carboxylic acid groups (broad SMARTS) is 1. The standard InChI is InChI=1S/C23H22N2O5S/c1-28-21-14-17(23-24-8-12-31-23)3-6-20(21)30-11-2-10-29-18-4-5-19-16(13-18)7-9-25(19)15-22(26)27/h3-9,12-14H,2,10-11,15H2,1H3,(H,26,27). The summed E-state index contributed by atoms with van der Waals surface area (Å²) >= 11 is 1.58. The van der Waals surface area contributed by atoms with Gasteiger partial charge in [-0.2, -0.15) is 0 Å². The Labute approximate surface area is 183 Å². The number of hydrogen-bond acceptors (Lipinski definition) is 6. The lowest BCUT2D eigenvalue weighted by atomic mass is 10.2. The third-order valence-electron chi connectivity index (χ3n) is 4.71. The fourth-order valence-electron chi connectivity index (χ4n) is 3.27. The molecule has 0 aliphatic carbocycles. The number of benzene rings is 2. The van der Waals surface area contributed by atoms with Gasteiger partial charge in [-0.05, 0) is 42.5 Å². The number of nitrogens with zero attached hydrogens (tertiary/aromatic N) is 2. The number of methoxy groups -OCH3 is 1. The summed E-state index contributed by atoms with van der Waals surface area (Å²) in [7, 11) is 1.62. The molecule has 31 heavy (non-hydrogen) atoms. The van der Waals surface area contributed by atoms with E-state index < -0.39 is 5.97 Å². The molecule has 0 aliphatic heterocycles. The molecule has 2 aromatic heterocycles. The zero-order chi connectivity index (χ0) is 21.6. The molecule has 1 N–H and O–H groups in total. The lowest BCUT2D eigenvalue weighted by Crippen LogP contribution is -2.07. The van der Waals surface area contributed by atoms with E-state index in [2.05, 4.69) is 4.98 Å². The largest absolute Gasteiger partial charge is 0.493 e. The number of hydrogen-bond donors (Lipinski definition) is 1. The van der Waals surface area contributed by atoms with E-state index in [9.17, 15) is 4.79 Å². The third kappa shape index (κ3) is 4.97. The van der Waals surface area contributed by atoms with Crippen molar-refractivity contribution < 1.29 is 24.1 Å². The van der Waals surface area contributed by atoms with Gasteiger partial charge in [-0.25, -0.2) is 4.98 Å². The number of carbonyl (C=O) groups is 1. The molecule has 0 aliphatic rings. The maximum Gasteiger partial charge on any atom is 0.323 e. The highest BCUT2D eigenvalue weighted by Crippen LogP contribution is 2.33. The first-order chi connectivity index (χ1) is 15.1. The molecule has 0 fully saturated rings. The minimum absolute atomic E-state index is 0.0602. The highest BCUT2D eigenvalue weighted by molar-refractivity contribution is 7.13. The Morgan fingerprint density at radius 3 is 2.74 bits per heavy atom. The lowest BCUT2D eigenvalue weighted by Gasteiger charge is -2.12. The van der Waals surface area contributed by atoms with Crippen LogP contribution in [-0.2, 0) is 11.3 Å².